The van der Waals surface area contributed by atoms with Crippen LogP contribution in [0.4, 0.5) is 5.13 Å². The van der Waals surface area contributed by atoms with Crippen molar-refractivity contribution in [3.63, 3.8) is 0 Å². The van der Waals surface area contributed by atoms with E-state index >= 15 is 0 Å². The van der Waals surface area contributed by atoms with Gasteiger partial charge in [0.25, 0.3) is 0 Å². The monoisotopic (exact) mass is 259 g/mol. The van der Waals surface area contributed by atoms with Gasteiger partial charge >= 0.3 is 0 Å². The quantitative estimate of drug-likeness (QED) is 0.817. The Labute approximate surface area is 104 Å². The average molecular weight is 259 g/mol. The summed E-state index contributed by atoms with van der Waals surface area (Å²) in [6.07, 6.45) is 4.47. The summed E-state index contributed by atoms with van der Waals surface area (Å²) >= 11 is 3.09. The molecule has 0 aromatic carbocycles. The van der Waals surface area contributed by atoms with Crippen LogP contribution in [0.5, 0.6) is 0 Å². The number of hydrogen-bond acceptors (Lipinski definition) is 6. The maximum Gasteiger partial charge on any atom is 0.202 e. The second-order valence-electron chi connectivity index (χ2n) is 4.12. The first-order valence-electron chi connectivity index (χ1n) is 5.48. The molecule has 0 aliphatic heterocycles. The Kier molecular flexibility index (Phi) is 4.05. The third kappa shape index (κ3) is 2.87. The molecule has 16 heavy (non-hydrogen) atoms. The van der Waals surface area contributed by atoms with E-state index in [4.69, 9.17) is 0 Å². The number of anilines is 1. The summed E-state index contributed by atoms with van der Waals surface area (Å²) in [4.78, 5) is 4.47. The molecule has 1 aromatic heterocycles. The number of thioether (sulfide) groups is 1. The van der Waals surface area contributed by atoms with Crippen LogP contribution in [0.1, 0.15) is 31.5 Å². The van der Waals surface area contributed by atoms with Gasteiger partial charge in [0.15, 0.2) is 0 Å². The number of aliphatic hydroxyl groups is 1. The third-order valence-corrected chi connectivity index (χ3v) is 4.60. The van der Waals surface area contributed by atoms with Crippen LogP contribution in [0.25, 0.3) is 0 Å². The van der Waals surface area contributed by atoms with Gasteiger partial charge in [-0.3, -0.25) is 0 Å². The lowest BCUT2D eigenvalue weighted by Gasteiger charge is -2.20. The maximum absolute atomic E-state index is 9.18. The Balaban J connectivity index is 1.91. The van der Waals surface area contributed by atoms with Crippen molar-refractivity contribution in [1.29, 1.82) is 0 Å². The summed E-state index contributed by atoms with van der Waals surface area (Å²) in [6, 6.07) is 0.208. The molecule has 1 heterocycles. The highest BCUT2D eigenvalue weighted by atomic mass is 32.2. The molecule has 0 spiro atoms. The Hall–Kier alpha value is -0.330. The number of nitrogens with one attached hydrogen (secondary N) is 1. The van der Waals surface area contributed by atoms with Crippen LogP contribution in [-0.4, -0.2) is 38.6 Å². The van der Waals surface area contributed by atoms with Crippen LogP contribution in [0.15, 0.2) is 0 Å². The lowest BCUT2D eigenvalue weighted by molar-refractivity contribution is 0.288. The molecule has 0 radical (unpaired) electrons. The first-order chi connectivity index (χ1) is 7.74. The van der Waals surface area contributed by atoms with Gasteiger partial charge in [0.05, 0.1) is 6.61 Å². The summed E-state index contributed by atoms with van der Waals surface area (Å²) in [7, 11) is 0. The smallest absolute Gasteiger partial charge is 0.202 e. The molecule has 2 atom stereocenters. The summed E-state index contributed by atoms with van der Waals surface area (Å²) in [5, 5.41) is 13.6. The molecule has 1 saturated carbocycles. The lowest BCUT2D eigenvalue weighted by atomic mass is 10.2. The predicted octanol–water partition coefficient (Wildman–Crippen LogP) is 1.94. The van der Waals surface area contributed by atoms with Crippen molar-refractivity contribution in [2.75, 3.05) is 18.2 Å². The number of aromatic nitrogens is 2. The van der Waals surface area contributed by atoms with Gasteiger partial charge in [0.2, 0.25) is 5.13 Å². The summed E-state index contributed by atoms with van der Waals surface area (Å²) in [5.41, 5.74) is 0. The number of aliphatic hydroxyl groups excluding tert-OH is 1. The molecular formula is C10H17N3OS2. The van der Waals surface area contributed by atoms with E-state index in [9.17, 15) is 5.11 Å². The van der Waals surface area contributed by atoms with Gasteiger partial charge in [0, 0.05) is 28.7 Å². The van der Waals surface area contributed by atoms with Gasteiger partial charge in [-0.15, -0.1) is 0 Å². The van der Waals surface area contributed by atoms with Gasteiger partial charge in [-0.2, -0.15) is 16.1 Å². The Bertz CT molecular complexity index is 337. The minimum absolute atomic E-state index is 0.184. The van der Waals surface area contributed by atoms with E-state index in [0.29, 0.717) is 5.92 Å². The lowest BCUT2D eigenvalue weighted by Crippen LogP contribution is -2.30. The predicted molar refractivity (Wildman–Crippen MR) is 69.4 cm³/mol. The second-order valence-corrected chi connectivity index (χ2v) is 5.95. The maximum atomic E-state index is 9.18. The van der Waals surface area contributed by atoms with Crippen molar-refractivity contribution in [2.24, 2.45) is 0 Å². The molecule has 1 aliphatic carbocycles. The molecule has 2 N–H and O–H groups in total. The summed E-state index contributed by atoms with van der Waals surface area (Å²) in [5.74, 6) is 1.60. The molecule has 2 rings (SSSR count). The fourth-order valence-corrected chi connectivity index (χ4v) is 2.89. The summed E-state index contributed by atoms with van der Waals surface area (Å²) in [6.45, 7) is 2.25. The van der Waals surface area contributed by atoms with Crippen molar-refractivity contribution >= 4 is 28.4 Å². The molecular weight excluding hydrogens is 242 g/mol. The van der Waals surface area contributed by atoms with Crippen LogP contribution in [-0.2, 0) is 0 Å². The number of nitrogens with zero attached hydrogens (tertiary/aromatic N) is 2. The number of rotatable bonds is 6. The Morgan fingerprint density at radius 2 is 2.38 bits per heavy atom. The van der Waals surface area contributed by atoms with Gasteiger partial charge in [-0.25, -0.2) is 4.98 Å². The highest BCUT2D eigenvalue weighted by Gasteiger charge is 2.28. The largest absolute Gasteiger partial charge is 0.395 e. The summed E-state index contributed by atoms with van der Waals surface area (Å²) < 4.78 is 4.34. The van der Waals surface area contributed by atoms with Crippen molar-refractivity contribution in [3.8, 4) is 0 Å². The Morgan fingerprint density at radius 1 is 1.62 bits per heavy atom. The fourth-order valence-electron chi connectivity index (χ4n) is 1.53. The van der Waals surface area contributed by atoms with E-state index in [2.05, 4.69) is 21.6 Å². The molecule has 1 aliphatic rings. The average Bonchev–Trinajstić information content (AvgIpc) is 3.02. The molecule has 1 aromatic rings. The molecule has 1 fully saturated rings. The van der Waals surface area contributed by atoms with Crippen LogP contribution >= 0.6 is 23.3 Å². The van der Waals surface area contributed by atoms with E-state index in [-0.39, 0.29) is 17.9 Å². The molecule has 0 saturated heterocycles. The van der Waals surface area contributed by atoms with E-state index in [1.807, 2.05) is 6.26 Å². The van der Waals surface area contributed by atoms with Crippen molar-refractivity contribution in [3.05, 3.63) is 5.82 Å². The van der Waals surface area contributed by atoms with Crippen molar-refractivity contribution < 1.29 is 5.11 Å². The number of hydrogen-bond donors (Lipinski definition) is 2. The zero-order chi connectivity index (χ0) is 11.5. The van der Waals surface area contributed by atoms with Gasteiger partial charge in [0.1, 0.15) is 5.82 Å². The molecule has 2 unspecified atom stereocenters. The minimum Gasteiger partial charge on any atom is -0.395 e. The zero-order valence-corrected chi connectivity index (χ0v) is 11.1. The second kappa shape index (κ2) is 5.33. The minimum atomic E-state index is 0.184. The molecule has 90 valence electrons. The van der Waals surface area contributed by atoms with Crippen LogP contribution < -0.4 is 5.32 Å². The zero-order valence-electron chi connectivity index (χ0n) is 9.51. The van der Waals surface area contributed by atoms with Crippen molar-refractivity contribution in [1.82, 2.24) is 9.36 Å². The van der Waals surface area contributed by atoms with Gasteiger partial charge in [-0.05, 0) is 26.0 Å². The van der Waals surface area contributed by atoms with Gasteiger partial charge < -0.3 is 10.4 Å². The SMILES string of the molecule is CSC(CO)C(C)Nc1nc(C2CC2)ns1. The molecule has 0 bridgehead atoms. The van der Waals surface area contributed by atoms with E-state index in [1.54, 1.807) is 11.8 Å². The Morgan fingerprint density at radius 3 is 2.94 bits per heavy atom. The van der Waals surface area contributed by atoms with Crippen LogP contribution in [0, 0.1) is 0 Å². The van der Waals surface area contributed by atoms with E-state index in [0.717, 1.165) is 11.0 Å². The van der Waals surface area contributed by atoms with Gasteiger partial charge in [-0.1, -0.05) is 0 Å². The first kappa shape index (κ1) is 12.1. The van der Waals surface area contributed by atoms with E-state index < -0.39 is 0 Å². The molecule has 4 nitrogen and oxygen atoms in total. The third-order valence-electron chi connectivity index (χ3n) is 2.78. The fraction of sp³-hybridized carbons (Fsp3) is 0.800. The van der Waals surface area contributed by atoms with Crippen molar-refractivity contribution in [2.45, 2.75) is 37.0 Å². The van der Waals surface area contributed by atoms with Crippen LogP contribution in [0.3, 0.4) is 0 Å². The molecule has 0 amide bonds. The van der Waals surface area contributed by atoms with Crippen LogP contribution in [0.2, 0.25) is 0 Å². The molecule has 6 heteroatoms. The first-order valence-corrected chi connectivity index (χ1v) is 7.54. The highest BCUT2D eigenvalue weighted by molar-refractivity contribution is 7.99. The highest BCUT2D eigenvalue weighted by Crippen LogP contribution is 2.39. The normalized spacial score (nSPS) is 19.4. The van der Waals surface area contributed by atoms with E-state index in [1.165, 1.54) is 24.4 Å². The standard InChI is InChI=1S/C10H17N3OS2/c1-6(8(5-14)15-2)11-10-12-9(13-16-10)7-3-4-7/h6-8,14H,3-5H2,1-2H3,(H,11,12,13). The topological polar surface area (TPSA) is 58.0 Å².